The van der Waals surface area contributed by atoms with Gasteiger partial charge in [0.15, 0.2) is 0 Å². The van der Waals surface area contributed by atoms with E-state index in [4.69, 9.17) is 22.1 Å². The molecule has 0 saturated carbocycles. The van der Waals surface area contributed by atoms with E-state index in [1.165, 1.54) is 0 Å². The first-order chi connectivity index (χ1) is 8.60. The Balaban J connectivity index is 2.38. The largest absolute Gasteiger partial charge is 0.437 e. The van der Waals surface area contributed by atoms with E-state index in [2.05, 4.69) is 9.97 Å². The predicted molar refractivity (Wildman–Crippen MR) is 70.9 cm³/mol. The molecule has 5 heteroatoms. The van der Waals surface area contributed by atoms with Crippen molar-refractivity contribution in [3.8, 4) is 11.6 Å². The molecule has 0 aliphatic carbocycles. The summed E-state index contributed by atoms with van der Waals surface area (Å²) >= 11 is 5.95. The van der Waals surface area contributed by atoms with Crippen molar-refractivity contribution in [1.82, 2.24) is 9.97 Å². The van der Waals surface area contributed by atoms with E-state index >= 15 is 0 Å². The Bertz CT molecular complexity index is 572. The van der Waals surface area contributed by atoms with Crippen molar-refractivity contribution in [3.63, 3.8) is 0 Å². The molecule has 4 nitrogen and oxygen atoms in total. The van der Waals surface area contributed by atoms with Gasteiger partial charge in [0.2, 0.25) is 5.88 Å². The Labute approximate surface area is 111 Å². The second-order valence-electron chi connectivity index (χ2n) is 3.96. The van der Waals surface area contributed by atoms with Gasteiger partial charge in [0.25, 0.3) is 0 Å². The molecule has 0 fully saturated rings. The summed E-state index contributed by atoms with van der Waals surface area (Å²) in [4.78, 5) is 8.51. The smallest absolute Gasteiger partial charge is 0.241 e. The van der Waals surface area contributed by atoms with E-state index in [9.17, 15) is 0 Å². The van der Waals surface area contributed by atoms with Crippen LogP contribution in [-0.2, 0) is 6.54 Å². The zero-order valence-corrected chi connectivity index (χ0v) is 11.0. The fraction of sp³-hybridized carbons (Fsp3) is 0.231. The quantitative estimate of drug-likeness (QED) is 0.925. The van der Waals surface area contributed by atoms with Gasteiger partial charge in [0, 0.05) is 23.3 Å². The fourth-order valence-electron chi connectivity index (χ4n) is 1.51. The zero-order valence-electron chi connectivity index (χ0n) is 10.3. The number of aromatic nitrogens is 2. The normalized spacial score (nSPS) is 10.4. The standard InChI is InChI=1S/C13H14ClN3O/c1-8-7-16-9(2)13(17-8)18-12-5-11(14)4-3-10(12)6-15/h3-5,7H,6,15H2,1-2H3. The molecule has 18 heavy (non-hydrogen) atoms. The van der Waals surface area contributed by atoms with Crippen LogP contribution < -0.4 is 10.5 Å². The third kappa shape index (κ3) is 2.78. The van der Waals surface area contributed by atoms with Gasteiger partial charge < -0.3 is 10.5 Å². The van der Waals surface area contributed by atoms with E-state index in [0.717, 1.165) is 17.0 Å². The summed E-state index contributed by atoms with van der Waals surface area (Å²) in [7, 11) is 0. The van der Waals surface area contributed by atoms with Gasteiger partial charge in [0.1, 0.15) is 5.75 Å². The Morgan fingerprint density at radius 1 is 1.33 bits per heavy atom. The van der Waals surface area contributed by atoms with Crippen molar-refractivity contribution in [2.45, 2.75) is 20.4 Å². The van der Waals surface area contributed by atoms with E-state index in [1.54, 1.807) is 18.3 Å². The van der Waals surface area contributed by atoms with Crippen molar-refractivity contribution in [3.05, 3.63) is 46.4 Å². The van der Waals surface area contributed by atoms with Crippen molar-refractivity contribution >= 4 is 11.6 Å². The Morgan fingerprint density at radius 3 is 2.83 bits per heavy atom. The molecule has 1 heterocycles. The number of benzene rings is 1. The highest BCUT2D eigenvalue weighted by atomic mass is 35.5. The third-order valence-corrected chi connectivity index (χ3v) is 2.72. The SMILES string of the molecule is Cc1cnc(C)c(Oc2cc(Cl)ccc2CN)n1. The molecule has 0 atom stereocenters. The van der Waals surface area contributed by atoms with Gasteiger partial charge in [-0.3, -0.25) is 4.98 Å². The predicted octanol–water partition coefficient (Wildman–Crippen LogP) is 3.00. The van der Waals surface area contributed by atoms with Crippen LogP contribution in [0.1, 0.15) is 17.0 Å². The minimum Gasteiger partial charge on any atom is -0.437 e. The van der Waals surface area contributed by atoms with E-state index in [0.29, 0.717) is 23.2 Å². The maximum Gasteiger partial charge on any atom is 0.241 e. The van der Waals surface area contributed by atoms with Gasteiger partial charge in [-0.25, -0.2) is 4.98 Å². The number of nitrogens with zero attached hydrogens (tertiary/aromatic N) is 2. The Kier molecular flexibility index (Phi) is 3.79. The minimum absolute atomic E-state index is 0.380. The molecule has 0 aliphatic rings. The van der Waals surface area contributed by atoms with Gasteiger partial charge in [-0.1, -0.05) is 17.7 Å². The molecule has 0 radical (unpaired) electrons. The summed E-state index contributed by atoms with van der Waals surface area (Å²) in [6.45, 7) is 4.08. The van der Waals surface area contributed by atoms with Crippen molar-refractivity contribution in [2.24, 2.45) is 5.73 Å². The average molecular weight is 264 g/mol. The van der Waals surface area contributed by atoms with Crippen LogP contribution in [0, 0.1) is 13.8 Å². The van der Waals surface area contributed by atoms with Gasteiger partial charge in [-0.2, -0.15) is 0 Å². The van der Waals surface area contributed by atoms with Crippen LogP contribution >= 0.6 is 11.6 Å². The van der Waals surface area contributed by atoms with Gasteiger partial charge in [0.05, 0.1) is 11.4 Å². The molecule has 2 N–H and O–H groups in total. The van der Waals surface area contributed by atoms with E-state index in [1.807, 2.05) is 19.9 Å². The maximum absolute atomic E-state index is 5.95. The molecule has 1 aromatic carbocycles. The molecule has 1 aromatic heterocycles. The van der Waals surface area contributed by atoms with Crippen molar-refractivity contribution < 1.29 is 4.74 Å². The van der Waals surface area contributed by atoms with Crippen molar-refractivity contribution in [2.75, 3.05) is 0 Å². The first-order valence-electron chi connectivity index (χ1n) is 5.56. The number of ether oxygens (including phenoxy) is 1. The summed E-state index contributed by atoms with van der Waals surface area (Å²) < 4.78 is 5.75. The second-order valence-corrected chi connectivity index (χ2v) is 4.40. The lowest BCUT2D eigenvalue weighted by molar-refractivity contribution is 0.448. The van der Waals surface area contributed by atoms with E-state index in [-0.39, 0.29) is 0 Å². The molecule has 2 rings (SSSR count). The summed E-state index contributed by atoms with van der Waals surface area (Å²) in [6, 6.07) is 5.36. The number of aryl methyl sites for hydroxylation is 2. The number of nitrogens with two attached hydrogens (primary N) is 1. The minimum atomic E-state index is 0.380. The highest BCUT2D eigenvalue weighted by Gasteiger charge is 2.09. The third-order valence-electron chi connectivity index (χ3n) is 2.49. The van der Waals surface area contributed by atoms with Crippen LogP contribution in [0.2, 0.25) is 5.02 Å². The highest BCUT2D eigenvalue weighted by Crippen LogP contribution is 2.28. The first kappa shape index (κ1) is 12.8. The molecule has 0 amide bonds. The fourth-order valence-corrected chi connectivity index (χ4v) is 1.67. The summed E-state index contributed by atoms with van der Waals surface area (Å²) in [5.74, 6) is 1.10. The van der Waals surface area contributed by atoms with Crippen LogP contribution in [0.4, 0.5) is 0 Å². The Morgan fingerprint density at radius 2 is 2.11 bits per heavy atom. The van der Waals surface area contributed by atoms with Crippen molar-refractivity contribution in [1.29, 1.82) is 0 Å². The molecule has 0 spiro atoms. The molecule has 0 aliphatic heterocycles. The number of hydrogen-bond donors (Lipinski definition) is 1. The van der Waals surface area contributed by atoms with Gasteiger partial charge in [-0.15, -0.1) is 0 Å². The topological polar surface area (TPSA) is 61.0 Å². The van der Waals surface area contributed by atoms with Gasteiger partial charge in [-0.05, 0) is 26.0 Å². The number of hydrogen-bond acceptors (Lipinski definition) is 4. The average Bonchev–Trinajstić information content (AvgIpc) is 2.34. The second kappa shape index (κ2) is 5.33. The van der Waals surface area contributed by atoms with Crippen LogP contribution in [-0.4, -0.2) is 9.97 Å². The monoisotopic (exact) mass is 263 g/mol. The lowest BCUT2D eigenvalue weighted by Gasteiger charge is -2.11. The molecule has 0 saturated heterocycles. The molecule has 2 aromatic rings. The van der Waals surface area contributed by atoms with Crippen LogP contribution in [0.3, 0.4) is 0 Å². The van der Waals surface area contributed by atoms with Crippen LogP contribution in [0.15, 0.2) is 24.4 Å². The molecule has 94 valence electrons. The molecular formula is C13H14ClN3O. The lowest BCUT2D eigenvalue weighted by Crippen LogP contribution is -2.02. The van der Waals surface area contributed by atoms with Gasteiger partial charge >= 0.3 is 0 Å². The Hall–Kier alpha value is -1.65. The first-order valence-corrected chi connectivity index (χ1v) is 5.94. The maximum atomic E-state index is 5.95. The van der Waals surface area contributed by atoms with E-state index < -0.39 is 0 Å². The summed E-state index contributed by atoms with van der Waals surface area (Å²) in [5.41, 5.74) is 8.06. The molecule has 0 bridgehead atoms. The molecule has 0 unspecified atom stereocenters. The van der Waals surface area contributed by atoms with Crippen LogP contribution in [0.5, 0.6) is 11.6 Å². The molecular weight excluding hydrogens is 250 g/mol. The van der Waals surface area contributed by atoms with Crippen LogP contribution in [0.25, 0.3) is 0 Å². The summed E-state index contributed by atoms with van der Waals surface area (Å²) in [5, 5.41) is 0.598. The number of halogens is 1. The highest BCUT2D eigenvalue weighted by molar-refractivity contribution is 6.30. The summed E-state index contributed by atoms with van der Waals surface area (Å²) in [6.07, 6.45) is 1.70. The lowest BCUT2D eigenvalue weighted by atomic mass is 10.2. The zero-order chi connectivity index (χ0) is 13.1. The number of rotatable bonds is 3.